The minimum absolute atomic E-state index is 0.140. The number of H-pyrrole nitrogens is 1. The second-order valence-corrected chi connectivity index (χ2v) is 6.77. The third-order valence-electron chi connectivity index (χ3n) is 4.72. The lowest BCUT2D eigenvalue weighted by atomic mass is 10.1. The van der Waals surface area contributed by atoms with Gasteiger partial charge in [0.25, 0.3) is 11.5 Å². The highest BCUT2D eigenvalue weighted by Crippen LogP contribution is 2.14. The minimum Gasteiger partial charge on any atom is -0.455 e. The Balaban J connectivity index is 1.54. The van der Waals surface area contributed by atoms with E-state index in [-0.39, 0.29) is 30.5 Å². The molecule has 29 heavy (non-hydrogen) atoms. The van der Waals surface area contributed by atoms with Crippen LogP contribution in [0.15, 0.2) is 53.3 Å². The van der Waals surface area contributed by atoms with Gasteiger partial charge in [-0.2, -0.15) is 5.10 Å². The highest BCUT2D eigenvalue weighted by Gasteiger charge is 2.15. The number of benzene rings is 2. The van der Waals surface area contributed by atoms with Gasteiger partial charge in [0.05, 0.1) is 23.5 Å². The van der Waals surface area contributed by atoms with Crippen LogP contribution in [0, 0.1) is 0 Å². The van der Waals surface area contributed by atoms with E-state index in [1.54, 1.807) is 24.3 Å². The first-order valence-electron chi connectivity index (χ1n) is 9.48. The molecule has 3 aromatic rings. The van der Waals surface area contributed by atoms with Crippen molar-refractivity contribution in [2.45, 2.75) is 32.7 Å². The molecule has 1 heterocycles. The van der Waals surface area contributed by atoms with Gasteiger partial charge in [0, 0.05) is 5.39 Å². The number of amides is 1. The number of fused-ring (bicyclic) bond motifs is 1. The summed E-state index contributed by atoms with van der Waals surface area (Å²) in [6.45, 7) is 3.58. The van der Waals surface area contributed by atoms with Gasteiger partial charge in [-0.05, 0) is 30.5 Å². The monoisotopic (exact) mass is 393 g/mol. The van der Waals surface area contributed by atoms with Crippen molar-refractivity contribution in [3.05, 3.63) is 75.7 Å². The maximum absolute atomic E-state index is 12.1. The van der Waals surface area contributed by atoms with Crippen LogP contribution in [0.1, 0.15) is 36.7 Å². The van der Waals surface area contributed by atoms with Crippen molar-refractivity contribution >= 4 is 22.6 Å². The molecule has 1 aromatic heterocycles. The summed E-state index contributed by atoms with van der Waals surface area (Å²) in [4.78, 5) is 36.0. The first-order chi connectivity index (χ1) is 14.0. The molecule has 1 atom stereocenters. The fraction of sp³-hybridized carbons (Fsp3) is 0.273. The van der Waals surface area contributed by atoms with Crippen LogP contribution in [0.4, 0.5) is 0 Å². The molecule has 0 aliphatic carbocycles. The Morgan fingerprint density at radius 3 is 2.48 bits per heavy atom. The highest BCUT2D eigenvalue weighted by molar-refractivity contribution is 5.87. The van der Waals surface area contributed by atoms with Crippen molar-refractivity contribution in [3.63, 3.8) is 0 Å². The maximum atomic E-state index is 12.1. The van der Waals surface area contributed by atoms with Crippen LogP contribution >= 0.6 is 0 Å². The van der Waals surface area contributed by atoms with E-state index in [0.717, 1.165) is 12.0 Å². The molecule has 0 spiro atoms. The van der Waals surface area contributed by atoms with Gasteiger partial charge in [0.1, 0.15) is 0 Å². The average Bonchev–Trinajstić information content (AvgIpc) is 2.74. The van der Waals surface area contributed by atoms with Crippen molar-refractivity contribution in [3.8, 4) is 0 Å². The Kier molecular flexibility index (Phi) is 6.39. The number of rotatable bonds is 7. The molecule has 0 bridgehead atoms. The molecule has 7 heteroatoms. The lowest BCUT2D eigenvalue weighted by Crippen LogP contribution is -2.31. The van der Waals surface area contributed by atoms with Gasteiger partial charge in [0.15, 0.2) is 6.61 Å². The van der Waals surface area contributed by atoms with Crippen LogP contribution in [-0.2, 0) is 27.2 Å². The van der Waals surface area contributed by atoms with Crippen molar-refractivity contribution < 1.29 is 14.3 Å². The molecular formula is C22H23N3O4. The number of aromatic amines is 1. The number of nitrogens with one attached hydrogen (secondary N) is 2. The maximum Gasteiger partial charge on any atom is 0.312 e. The van der Waals surface area contributed by atoms with E-state index in [1.165, 1.54) is 5.56 Å². The predicted octanol–water partition coefficient (Wildman–Crippen LogP) is 2.45. The summed E-state index contributed by atoms with van der Waals surface area (Å²) in [7, 11) is 0. The van der Waals surface area contributed by atoms with Gasteiger partial charge in [-0.25, -0.2) is 5.10 Å². The SMILES string of the molecule is CCc1ccc([C@H](C)NC(=O)COC(=O)Cc2n[nH]c(=O)c3ccccc23)cc1. The molecule has 2 N–H and O–H groups in total. The molecule has 0 saturated heterocycles. The van der Waals surface area contributed by atoms with Gasteiger partial charge in [0.2, 0.25) is 0 Å². The Hall–Kier alpha value is -3.48. The summed E-state index contributed by atoms with van der Waals surface area (Å²) in [5.74, 6) is -0.977. The number of hydrogen-bond donors (Lipinski definition) is 2. The van der Waals surface area contributed by atoms with Gasteiger partial charge < -0.3 is 10.1 Å². The second kappa shape index (κ2) is 9.14. The van der Waals surface area contributed by atoms with Crippen LogP contribution in [0.2, 0.25) is 0 Å². The lowest BCUT2D eigenvalue weighted by molar-refractivity contribution is -0.148. The zero-order valence-electron chi connectivity index (χ0n) is 16.4. The second-order valence-electron chi connectivity index (χ2n) is 6.77. The molecule has 0 radical (unpaired) electrons. The molecule has 2 aromatic carbocycles. The van der Waals surface area contributed by atoms with E-state index in [9.17, 15) is 14.4 Å². The van der Waals surface area contributed by atoms with Crippen molar-refractivity contribution in [1.29, 1.82) is 0 Å². The minimum atomic E-state index is -0.593. The van der Waals surface area contributed by atoms with Gasteiger partial charge >= 0.3 is 5.97 Å². The number of hydrogen-bond acceptors (Lipinski definition) is 5. The predicted molar refractivity (Wildman–Crippen MR) is 109 cm³/mol. The summed E-state index contributed by atoms with van der Waals surface area (Å²) in [5.41, 5.74) is 2.28. The Morgan fingerprint density at radius 2 is 1.79 bits per heavy atom. The number of aromatic nitrogens is 2. The Bertz CT molecular complexity index is 1070. The van der Waals surface area contributed by atoms with Crippen LogP contribution in [-0.4, -0.2) is 28.7 Å². The first-order valence-corrected chi connectivity index (χ1v) is 9.48. The van der Waals surface area contributed by atoms with E-state index in [1.807, 2.05) is 31.2 Å². The van der Waals surface area contributed by atoms with Gasteiger partial charge in [-0.3, -0.25) is 14.4 Å². The molecule has 3 rings (SSSR count). The number of nitrogens with zero attached hydrogens (tertiary/aromatic N) is 1. The van der Waals surface area contributed by atoms with E-state index in [4.69, 9.17) is 4.74 Å². The van der Waals surface area contributed by atoms with Crippen molar-refractivity contribution in [2.24, 2.45) is 0 Å². The third-order valence-corrected chi connectivity index (χ3v) is 4.72. The van der Waals surface area contributed by atoms with Crippen LogP contribution in [0.3, 0.4) is 0 Å². The summed E-state index contributed by atoms with van der Waals surface area (Å²) < 4.78 is 5.08. The quantitative estimate of drug-likeness (QED) is 0.601. The summed E-state index contributed by atoms with van der Waals surface area (Å²) in [6.07, 6.45) is 0.815. The highest BCUT2D eigenvalue weighted by atomic mass is 16.5. The molecule has 1 amide bonds. The fourth-order valence-corrected chi connectivity index (χ4v) is 3.05. The molecule has 0 aliphatic rings. The summed E-state index contributed by atoms with van der Waals surface area (Å²) in [5, 5.41) is 10.2. The number of ether oxygens (including phenoxy) is 1. The molecule has 0 unspecified atom stereocenters. The Labute approximate surface area is 168 Å². The van der Waals surface area contributed by atoms with E-state index < -0.39 is 5.97 Å². The largest absolute Gasteiger partial charge is 0.455 e. The van der Waals surface area contributed by atoms with Gasteiger partial charge in [-0.15, -0.1) is 0 Å². The first kappa shape index (κ1) is 20.3. The molecule has 0 fully saturated rings. The lowest BCUT2D eigenvalue weighted by Gasteiger charge is -2.15. The van der Waals surface area contributed by atoms with Crippen LogP contribution in [0.5, 0.6) is 0 Å². The summed E-state index contributed by atoms with van der Waals surface area (Å²) in [6, 6.07) is 14.7. The van der Waals surface area contributed by atoms with Crippen LogP contribution < -0.4 is 10.9 Å². The van der Waals surface area contributed by atoms with Crippen LogP contribution in [0.25, 0.3) is 10.8 Å². The number of esters is 1. The third kappa shape index (κ3) is 5.07. The zero-order chi connectivity index (χ0) is 20.8. The van der Waals surface area contributed by atoms with E-state index >= 15 is 0 Å². The van der Waals surface area contributed by atoms with E-state index in [2.05, 4.69) is 22.4 Å². The molecule has 7 nitrogen and oxygen atoms in total. The topological polar surface area (TPSA) is 101 Å². The number of aryl methyl sites for hydroxylation is 1. The molecule has 0 saturated carbocycles. The standard InChI is InChI=1S/C22H23N3O4/c1-3-15-8-10-16(11-9-15)14(2)23-20(26)13-29-21(27)12-19-17-6-4-5-7-18(17)22(28)25-24-19/h4-11,14H,3,12-13H2,1-2H3,(H,23,26)(H,25,28)/t14-/m0/s1. The average molecular weight is 393 g/mol. The smallest absolute Gasteiger partial charge is 0.312 e. The van der Waals surface area contributed by atoms with Crippen molar-refractivity contribution in [2.75, 3.05) is 6.61 Å². The number of carbonyl (C=O) groups excluding carboxylic acids is 2. The van der Waals surface area contributed by atoms with E-state index in [0.29, 0.717) is 16.5 Å². The molecule has 150 valence electrons. The van der Waals surface area contributed by atoms with Gasteiger partial charge in [-0.1, -0.05) is 49.4 Å². The summed E-state index contributed by atoms with van der Waals surface area (Å²) >= 11 is 0. The molecular weight excluding hydrogens is 370 g/mol. The molecule has 0 aliphatic heterocycles. The Morgan fingerprint density at radius 1 is 1.10 bits per heavy atom. The number of carbonyl (C=O) groups is 2. The fourth-order valence-electron chi connectivity index (χ4n) is 3.05. The zero-order valence-corrected chi connectivity index (χ0v) is 16.4. The normalized spacial score (nSPS) is 11.8. The van der Waals surface area contributed by atoms with Crippen molar-refractivity contribution in [1.82, 2.24) is 15.5 Å².